The van der Waals surface area contributed by atoms with Gasteiger partial charge in [-0.2, -0.15) is 5.10 Å². The van der Waals surface area contributed by atoms with Crippen molar-refractivity contribution in [3.05, 3.63) is 107 Å². The van der Waals surface area contributed by atoms with Gasteiger partial charge in [0.1, 0.15) is 12.6 Å². The summed E-state index contributed by atoms with van der Waals surface area (Å²) < 4.78 is 11.9. The molecule has 0 aromatic heterocycles. The Morgan fingerprint density at radius 3 is 2.45 bits per heavy atom. The van der Waals surface area contributed by atoms with Crippen molar-refractivity contribution in [1.82, 2.24) is 10.7 Å². The lowest BCUT2D eigenvalue weighted by Gasteiger charge is -2.20. The van der Waals surface area contributed by atoms with Crippen LogP contribution in [0.25, 0.3) is 10.8 Å². The summed E-state index contributed by atoms with van der Waals surface area (Å²) in [6.45, 7) is 6.43. The molecule has 2 amide bonds. The third-order valence-corrected chi connectivity index (χ3v) is 6.60. The lowest BCUT2D eigenvalue weighted by atomic mass is 10.0. The molecule has 8 heteroatoms. The minimum atomic E-state index is -0.801. The Kier molecular flexibility index (Phi) is 9.76. The van der Waals surface area contributed by atoms with Crippen molar-refractivity contribution in [1.29, 1.82) is 0 Å². The number of fused-ring (bicyclic) bond motifs is 1. The van der Waals surface area contributed by atoms with E-state index in [9.17, 15) is 9.59 Å². The molecule has 0 spiro atoms. The maximum Gasteiger partial charge on any atom is 0.262 e. The fourth-order valence-corrected chi connectivity index (χ4v) is 4.43. The number of amides is 2. The minimum absolute atomic E-state index is 0.177. The van der Waals surface area contributed by atoms with Gasteiger partial charge in [0.2, 0.25) is 0 Å². The molecule has 0 fully saturated rings. The topological polar surface area (TPSA) is 89.0 Å². The van der Waals surface area contributed by atoms with Crippen LogP contribution in [0.4, 0.5) is 0 Å². The molecule has 206 valence electrons. The zero-order valence-corrected chi connectivity index (χ0v) is 23.4. The van der Waals surface area contributed by atoms with E-state index in [4.69, 9.17) is 21.1 Å². The average Bonchev–Trinajstić information content (AvgIpc) is 2.95. The first-order valence-corrected chi connectivity index (χ1v) is 13.5. The van der Waals surface area contributed by atoms with E-state index < -0.39 is 17.9 Å². The second-order valence-corrected chi connectivity index (χ2v) is 9.88. The highest BCUT2D eigenvalue weighted by molar-refractivity contribution is 6.33. The van der Waals surface area contributed by atoms with Crippen molar-refractivity contribution in [2.45, 2.75) is 33.4 Å². The molecule has 1 unspecified atom stereocenters. The maximum atomic E-state index is 12.8. The van der Waals surface area contributed by atoms with Crippen LogP contribution in [0.1, 0.15) is 42.3 Å². The monoisotopic (exact) mass is 557 g/mol. The molecule has 0 saturated carbocycles. The van der Waals surface area contributed by atoms with E-state index in [1.54, 1.807) is 30.3 Å². The number of halogens is 1. The predicted molar refractivity (Wildman–Crippen MR) is 159 cm³/mol. The zero-order valence-electron chi connectivity index (χ0n) is 22.7. The van der Waals surface area contributed by atoms with Crippen molar-refractivity contribution < 1.29 is 19.1 Å². The molecule has 2 N–H and O–H groups in total. The van der Waals surface area contributed by atoms with Crippen molar-refractivity contribution in [3.63, 3.8) is 0 Å². The van der Waals surface area contributed by atoms with E-state index in [1.807, 2.05) is 57.2 Å². The van der Waals surface area contributed by atoms with Gasteiger partial charge < -0.3 is 14.8 Å². The minimum Gasteiger partial charge on any atom is -0.490 e. The third-order valence-electron chi connectivity index (χ3n) is 6.27. The molecule has 0 aliphatic rings. The summed E-state index contributed by atoms with van der Waals surface area (Å²) >= 11 is 6.13. The van der Waals surface area contributed by atoms with Gasteiger partial charge in [0.25, 0.3) is 11.8 Å². The summed E-state index contributed by atoms with van der Waals surface area (Å²) in [4.78, 5) is 25.5. The Balaban J connectivity index is 1.41. The number of hydrogen-bond donors (Lipinski definition) is 2. The fourth-order valence-electron chi connectivity index (χ4n) is 4.21. The largest absolute Gasteiger partial charge is 0.490 e. The van der Waals surface area contributed by atoms with Crippen molar-refractivity contribution in [2.24, 2.45) is 11.0 Å². The van der Waals surface area contributed by atoms with Gasteiger partial charge >= 0.3 is 0 Å². The number of carbonyl (C=O) groups excluding carboxylic acids is 2. The van der Waals surface area contributed by atoms with Gasteiger partial charge in [0.05, 0.1) is 23.4 Å². The maximum absolute atomic E-state index is 12.8. The number of hydrogen-bond acceptors (Lipinski definition) is 5. The second-order valence-electron chi connectivity index (χ2n) is 9.48. The SMILES string of the molecule is CCOc1cc(C=NNC(=O)C(NC(=O)c2ccccc2Cl)C(C)C)ccc1OCc1cccc2ccccc12. The van der Waals surface area contributed by atoms with E-state index in [0.717, 1.165) is 16.3 Å². The van der Waals surface area contributed by atoms with E-state index in [0.29, 0.717) is 40.9 Å². The predicted octanol–water partition coefficient (Wildman–Crippen LogP) is 6.38. The van der Waals surface area contributed by atoms with Gasteiger partial charge in [-0.05, 0) is 65.1 Å². The molecule has 4 aromatic rings. The second kappa shape index (κ2) is 13.6. The smallest absolute Gasteiger partial charge is 0.262 e. The van der Waals surface area contributed by atoms with Gasteiger partial charge in [-0.25, -0.2) is 5.43 Å². The molecular weight excluding hydrogens is 526 g/mol. The molecule has 40 heavy (non-hydrogen) atoms. The molecule has 0 heterocycles. The van der Waals surface area contributed by atoms with Crippen molar-refractivity contribution in [3.8, 4) is 11.5 Å². The number of hydrazone groups is 1. The molecule has 0 aliphatic carbocycles. The molecule has 0 saturated heterocycles. The lowest BCUT2D eigenvalue weighted by molar-refractivity contribution is -0.123. The highest BCUT2D eigenvalue weighted by Gasteiger charge is 2.25. The molecule has 4 aromatic carbocycles. The van der Waals surface area contributed by atoms with E-state index in [-0.39, 0.29) is 5.92 Å². The van der Waals surface area contributed by atoms with Crippen LogP contribution >= 0.6 is 11.6 Å². The van der Waals surface area contributed by atoms with Crippen LogP contribution in [0.2, 0.25) is 5.02 Å². The zero-order chi connectivity index (χ0) is 28.5. The van der Waals surface area contributed by atoms with Crippen LogP contribution in [0.15, 0.2) is 90.0 Å². The van der Waals surface area contributed by atoms with E-state index in [1.165, 1.54) is 6.21 Å². The summed E-state index contributed by atoms with van der Waals surface area (Å²) in [5, 5.41) is 9.47. The highest BCUT2D eigenvalue weighted by Crippen LogP contribution is 2.30. The van der Waals surface area contributed by atoms with Gasteiger partial charge in [-0.1, -0.05) is 80.0 Å². The number of benzene rings is 4. The highest BCUT2D eigenvalue weighted by atomic mass is 35.5. The van der Waals surface area contributed by atoms with Gasteiger partial charge in [-0.3, -0.25) is 9.59 Å². The van der Waals surface area contributed by atoms with Crippen molar-refractivity contribution in [2.75, 3.05) is 6.61 Å². The van der Waals surface area contributed by atoms with Crippen molar-refractivity contribution >= 4 is 40.4 Å². The first-order valence-electron chi connectivity index (χ1n) is 13.1. The Labute approximate surface area is 239 Å². The average molecular weight is 558 g/mol. The normalized spacial score (nSPS) is 11.9. The molecule has 7 nitrogen and oxygen atoms in total. The summed E-state index contributed by atoms with van der Waals surface area (Å²) in [7, 11) is 0. The van der Waals surface area contributed by atoms with Gasteiger partial charge in [-0.15, -0.1) is 0 Å². The summed E-state index contributed by atoms with van der Waals surface area (Å²) in [5.41, 5.74) is 4.62. The Bertz CT molecular complexity index is 1510. The Hall–Kier alpha value is -4.36. The molecule has 4 rings (SSSR count). The number of ether oxygens (including phenoxy) is 2. The molecule has 0 aliphatic heterocycles. The Morgan fingerprint density at radius 2 is 1.68 bits per heavy atom. The number of carbonyl (C=O) groups is 2. The summed E-state index contributed by atoms with van der Waals surface area (Å²) in [5.74, 6) is 0.142. The van der Waals surface area contributed by atoms with Crippen LogP contribution in [0.3, 0.4) is 0 Å². The van der Waals surface area contributed by atoms with Gasteiger partial charge in [0.15, 0.2) is 11.5 Å². The molecule has 0 bridgehead atoms. The van der Waals surface area contributed by atoms with Crippen LogP contribution in [-0.4, -0.2) is 30.7 Å². The van der Waals surface area contributed by atoms with Crippen LogP contribution in [-0.2, 0) is 11.4 Å². The lowest BCUT2D eigenvalue weighted by Crippen LogP contribution is -2.48. The quantitative estimate of drug-likeness (QED) is 0.165. The molecule has 0 radical (unpaired) electrons. The fraction of sp³-hybridized carbons (Fsp3) is 0.219. The third kappa shape index (κ3) is 7.18. The summed E-state index contributed by atoms with van der Waals surface area (Å²) in [6, 6.07) is 25.7. The number of nitrogens with one attached hydrogen (secondary N) is 2. The number of rotatable bonds is 11. The number of nitrogens with zero attached hydrogens (tertiary/aromatic N) is 1. The first-order chi connectivity index (χ1) is 19.4. The van der Waals surface area contributed by atoms with Crippen LogP contribution < -0.4 is 20.2 Å². The molecule has 1 atom stereocenters. The van der Waals surface area contributed by atoms with E-state index in [2.05, 4.69) is 34.0 Å². The Morgan fingerprint density at radius 1 is 0.925 bits per heavy atom. The standard InChI is InChI=1S/C32H32ClN3O4/c1-4-39-29-18-22(16-17-28(29)40-20-24-12-9-11-23-10-5-6-13-25(23)24)19-34-36-32(38)30(21(2)3)35-31(37)26-14-7-8-15-27(26)33/h5-19,21,30H,4,20H2,1-3H3,(H,35,37)(H,36,38). The molecular formula is C32H32ClN3O4. The summed E-state index contributed by atoms with van der Waals surface area (Å²) in [6.07, 6.45) is 1.52. The van der Waals surface area contributed by atoms with Crippen LogP contribution in [0, 0.1) is 5.92 Å². The van der Waals surface area contributed by atoms with Gasteiger partial charge in [0, 0.05) is 0 Å². The van der Waals surface area contributed by atoms with E-state index >= 15 is 0 Å². The van der Waals surface area contributed by atoms with Crippen LogP contribution in [0.5, 0.6) is 11.5 Å². The first kappa shape index (κ1) is 28.6.